The molecule has 14 heteroatoms. The van der Waals surface area contributed by atoms with Crippen LogP contribution in [0.15, 0.2) is 48.5 Å². The number of amides is 4. The molecule has 10 rings (SSSR count). The highest BCUT2D eigenvalue weighted by atomic mass is 16.3. The maximum atomic E-state index is 13.4. The number of carbonyl (C=O) groups excluding carboxylic acids is 4. The summed E-state index contributed by atoms with van der Waals surface area (Å²) in [5.74, 6) is 2.60. The number of phenolic OH excluding ortho intramolecular Hbond substituents is 1. The van der Waals surface area contributed by atoms with Crippen molar-refractivity contribution in [3.63, 3.8) is 0 Å². The molecule has 0 spiro atoms. The van der Waals surface area contributed by atoms with Crippen LogP contribution >= 0.6 is 0 Å². The second kappa shape index (κ2) is 13.3. The number of aromatic hydroxyl groups is 1. The number of anilines is 3. The maximum Gasteiger partial charge on any atom is 0.262 e. The van der Waals surface area contributed by atoms with Crippen LogP contribution in [0.2, 0.25) is 0 Å². The predicted molar refractivity (Wildman–Crippen MR) is 205 cm³/mol. The van der Waals surface area contributed by atoms with Crippen molar-refractivity contribution < 1.29 is 24.3 Å². The number of phenols is 1. The Kier molecular flexibility index (Phi) is 8.32. The summed E-state index contributed by atoms with van der Waals surface area (Å²) in [6.45, 7) is 12.7. The van der Waals surface area contributed by atoms with E-state index < -0.39 is 23.8 Å². The molecule has 3 aromatic rings. The van der Waals surface area contributed by atoms with Crippen molar-refractivity contribution in [3.8, 4) is 17.0 Å². The lowest BCUT2D eigenvalue weighted by molar-refractivity contribution is -0.136. The molecular weight excluding hydrogens is 699 g/mol. The van der Waals surface area contributed by atoms with Gasteiger partial charge in [0.2, 0.25) is 11.8 Å². The normalized spacial score (nSPS) is 30.4. The third kappa shape index (κ3) is 6.00. The predicted octanol–water partition coefficient (Wildman–Crippen LogP) is 2.51. The molecule has 6 aliphatic heterocycles. The number of piperidine rings is 3. The van der Waals surface area contributed by atoms with E-state index in [4.69, 9.17) is 0 Å². The standard InChI is InChI=1S/C41H47N9O5/c1-23-17-48(25-6-7-27-29(14-25)41(55)50(40(27)54)34-8-9-37(52)43-39(34)53)11-10-24(23)18-47-21-31-30(32(31)22-47)20-46-12-13-49-26(19-46)16-42-38-35(49)15-33(44-45-38)28-4-2-3-5-36(28)51/h2-7,14-15,23-24,26,30-32,34,51H,8-13,16-22H2,1H3,(H,42,45)(H,43,52,53)/t23?,24?,26-,30-,31-,32+,34?/m0/s1. The Bertz CT molecular complexity index is 2080. The van der Waals surface area contributed by atoms with Gasteiger partial charge in [-0.05, 0) is 78.8 Å². The number of imide groups is 2. The Morgan fingerprint density at radius 1 is 0.818 bits per heavy atom. The summed E-state index contributed by atoms with van der Waals surface area (Å²) >= 11 is 0. The molecule has 3 N–H and O–H groups in total. The van der Waals surface area contributed by atoms with Crippen LogP contribution in [0.3, 0.4) is 0 Å². The Labute approximate surface area is 319 Å². The summed E-state index contributed by atoms with van der Waals surface area (Å²) in [5, 5.41) is 25.0. The first-order valence-corrected chi connectivity index (χ1v) is 19.9. The summed E-state index contributed by atoms with van der Waals surface area (Å²) in [6.07, 6.45) is 1.33. The van der Waals surface area contributed by atoms with E-state index in [9.17, 15) is 24.3 Å². The number of hydrogen-bond donors (Lipinski definition) is 3. The van der Waals surface area contributed by atoms with E-state index in [1.807, 2.05) is 30.3 Å². The number of likely N-dealkylation sites (tertiary alicyclic amines) is 1. The lowest BCUT2D eigenvalue weighted by atomic mass is 9.86. The molecule has 14 nitrogen and oxygen atoms in total. The Hall–Kier alpha value is -5.08. The number of fused-ring (bicyclic) bond motifs is 5. The molecule has 2 aromatic carbocycles. The summed E-state index contributed by atoms with van der Waals surface area (Å²) in [5.41, 5.74) is 4.05. The minimum Gasteiger partial charge on any atom is -0.507 e. The van der Waals surface area contributed by atoms with Gasteiger partial charge in [-0.25, -0.2) is 0 Å². The summed E-state index contributed by atoms with van der Waals surface area (Å²) in [6, 6.07) is 14.2. The SMILES string of the molecule is CC1CN(c2ccc3c(c2)C(=O)N(C2CCC(=O)NC2=O)C3=O)CCC1CN1C[C@@H]2[C@H](C1)[C@H]2CN1CCN2c3cc(-c4ccccc4O)nnc3NC[C@H]2C1. The lowest BCUT2D eigenvalue weighted by Gasteiger charge is -2.46. The molecule has 1 saturated carbocycles. The highest BCUT2D eigenvalue weighted by Gasteiger charge is 2.56. The number of rotatable bonds is 7. The highest BCUT2D eigenvalue weighted by Crippen LogP contribution is 2.52. The molecule has 1 aliphatic carbocycles. The van der Waals surface area contributed by atoms with Gasteiger partial charge in [0.25, 0.3) is 11.8 Å². The molecule has 0 radical (unpaired) electrons. The van der Waals surface area contributed by atoms with Crippen LogP contribution in [0.4, 0.5) is 17.2 Å². The van der Waals surface area contributed by atoms with E-state index in [0.717, 1.165) is 92.1 Å². The number of nitrogens with one attached hydrogen (secondary N) is 2. The van der Waals surface area contributed by atoms with Crippen molar-refractivity contribution in [2.24, 2.45) is 29.6 Å². The van der Waals surface area contributed by atoms with Crippen molar-refractivity contribution in [1.82, 2.24) is 30.2 Å². The van der Waals surface area contributed by atoms with Crippen LogP contribution in [-0.2, 0) is 9.59 Å². The van der Waals surface area contributed by atoms with Gasteiger partial charge in [0, 0.05) is 83.1 Å². The van der Waals surface area contributed by atoms with Gasteiger partial charge in [-0.3, -0.25) is 34.3 Å². The molecule has 4 saturated heterocycles. The Morgan fingerprint density at radius 2 is 1.64 bits per heavy atom. The molecule has 0 bridgehead atoms. The fourth-order valence-electron chi connectivity index (χ4n) is 10.5. The van der Waals surface area contributed by atoms with Gasteiger partial charge in [0.1, 0.15) is 11.8 Å². The van der Waals surface area contributed by atoms with Crippen molar-refractivity contribution in [2.45, 2.75) is 38.3 Å². The quantitative estimate of drug-likeness (QED) is 0.305. The fourth-order valence-corrected chi connectivity index (χ4v) is 10.5. The molecule has 7 atom stereocenters. The van der Waals surface area contributed by atoms with E-state index >= 15 is 0 Å². The largest absolute Gasteiger partial charge is 0.507 e. The first-order chi connectivity index (χ1) is 26.7. The topological polar surface area (TPSA) is 155 Å². The van der Waals surface area contributed by atoms with Crippen LogP contribution in [0.1, 0.15) is 46.9 Å². The number of benzene rings is 2. The van der Waals surface area contributed by atoms with Crippen molar-refractivity contribution >= 4 is 40.8 Å². The van der Waals surface area contributed by atoms with Gasteiger partial charge in [-0.15, -0.1) is 10.2 Å². The first-order valence-electron chi connectivity index (χ1n) is 19.9. The third-order valence-corrected chi connectivity index (χ3v) is 13.6. The van der Waals surface area contributed by atoms with E-state index in [1.54, 1.807) is 12.1 Å². The number of carbonyl (C=O) groups is 4. The van der Waals surface area contributed by atoms with Crippen LogP contribution in [-0.4, -0.2) is 131 Å². The van der Waals surface area contributed by atoms with E-state index in [0.29, 0.717) is 40.3 Å². The van der Waals surface area contributed by atoms with Crippen molar-refractivity contribution in [3.05, 3.63) is 59.7 Å². The zero-order valence-electron chi connectivity index (χ0n) is 31.1. The zero-order valence-corrected chi connectivity index (χ0v) is 31.1. The average molecular weight is 746 g/mol. The number of aromatic nitrogens is 2. The zero-order chi connectivity index (χ0) is 37.5. The van der Waals surface area contributed by atoms with Crippen LogP contribution in [0.5, 0.6) is 5.75 Å². The number of nitrogens with zero attached hydrogens (tertiary/aromatic N) is 7. The monoisotopic (exact) mass is 745 g/mol. The fraction of sp³-hybridized carbons (Fsp3) is 0.512. The van der Waals surface area contributed by atoms with Gasteiger partial charge in [0.05, 0.1) is 28.6 Å². The molecule has 55 heavy (non-hydrogen) atoms. The third-order valence-electron chi connectivity index (χ3n) is 13.6. The van der Waals surface area contributed by atoms with Gasteiger partial charge in [0.15, 0.2) is 5.82 Å². The number of piperazine rings is 1. The van der Waals surface area contributed by atoms with E-state index in [1.165, 1.54) is 19.6 Å². The van der Waals surface area contributed by atoms with E-state index in [-0.39, 0.29) is 24.5 Å². The minimum atomic E-state index is -0.955. The first kappa shape index (κ1) is 34.4. The average Bonchev–Trinajstić information content (AvgIpc) is 3.49. The molecule has 3 unspecified atom stereocenters. The van der Waals surface area contributed by atoms with Crippen molar-refractivity contribution in [2.75, 3.05) is 80.6 Å². The lowest BCUT2D eigenvalue weighted by Crippen LogP contribution is -2.58. The summed E-state index contributed by atoms with van der Waals surface area (Å²) in [7, 11) is 0. The van der Waals surface area contributed by atoms with Gasteiger partial charge in [-0.1, -0.05) is 19.1 Å². The molecule has 4 amide bonds. The minimum absolute atomic E-state index is 0.107. The Balaban J connectivity index is 0.701. The molecule has 1 aromatic heterocycles. The van der Waals surface area contributed by atoms with Crippen LogP contribution < -0.4 is 20.4 Å². The number of para-hydroxylation sites is 1. The van der Waals surface area contributed by atoms with E-state index in [2.05, 4.69) is 53.4 Å². The van der Waals surface area contributed by atoms with Crippen LogP contribution in [0, 0.1) is 29.6 Å². The Morgan fingerprint density at radius 3 is 2.44 bits per heavy atom. The highest BCUT2D eigenvalue weighted by molar-refractivity contribution is 6.23. The molecular formula is C41H47N9O5. The molecule has 286 valence electrons. The number of hydrogen-bond acceptors (Lipinski definition) is 12. The second-order valence-corrected chi connectivity index (χ2v) is 16.8. The van der Waals surface area contributed by atoms with Crippen LogP contribution in [0.25, 0.3) is 11.3 Å². The molecule has 7 aliphatic rings. The summed E-state index contributed by atoms with van der Waals surface area (Å²) in [4.78, 5) is 61.9. The molecule has 7 heterocycles. The van der Waals surface area contributed by atoms with Gasteiger partial charge < -0.3 is 25.1 Å². The smallest absolute Gasteiger partial charge is 0.262 e. The maximum absolute atomic E-state index is 13.4. The summed E-state index contributed by atoms with van der Waals surface area (Å²) < 4.78 is 0. The molecule has 5 fully saturated rings. The second-order valence-electron chi connectivity index (χ2n) is 16.8. The van der Waals surface area contributed by atoms with Crippen molar-refractivity contribution in [1.29, 1.82) is 0 Å². The van der Waals surface area contributed by atoms with Gasteiger partial charge in [-0.2, -0.15) is 0 Å². The van der Waals surface area contributed by atoms with Gasteiger partial charge >= 0.3 is 0 Å².